The SMILES string of the molecule is CC(=O)[C@H]1CC[C@H]2[C@@H]3CC[C@H]4C[C@](C)(OC(N)=O)CC[C@]4(C)[C@H]3CC[C@]12C. The summed E-state index contributed by atoms with van der Waals surface area (Å²) in [5.74, 6) is 3.57. The number of Topliss-reactive ketones (excluding diaryl/α,β-unsaturated/α-hetero) is 1. The minimum atomic E-state index is -0.635. The zero-order chi connectivity index (χ0) is 19.6. The van der Waals surface area contributed by atoms with Gasteiger partial charge in [0.05, 0.1) is 0 Å². The monoisotopic (exact) mass is 375 g/mol. The van der Waals surface area contributed by atoms with Gasteiger partial charge in [-0.05, 0) is 106 Å². The number of ether oxygens (including phenoxy) is 1. The molecule has 0 spiro atoms. The van der Waals surface area contributed by atoms with Crippen LogP contribution in [0.1, 0.15) is 85.5 Å². The fourth-order valence-electron chi connectivity index (χ4n) is 8.42. The maximum atomic E-state index is 12.3. The van der Waals surface area contributed by atoms with Gasteiger partial charge in [-0.25, -0.2) is 4.79 Å². The molecule has 0 heterocycles. The van der Waals surface area contributed by atoms with Crippen LogP contribution in [0.2, 0.25) is 0 Å². The summed E-state index contributed by atoms with van der Waals surface area (Å²) < 4.78 is 5.54. The standard InChI is InChI=1S/C23H37NO3/c1-14(25)17-7-8-18-16-6-5-15-13-21(2,27-20(24)26)11-12-22(15,3)19(16)9-10-23(17,18)4/h15-19H,5-13H2,1-4H3,(H2,24,26)/t15-,16-,17+,18-,19-,21+,22-,23+/m0/s1. The molecule has 27 heavy (non-hydrogen) atoms. The van der Waals surface area contributed by atoms with Gasteiger partial charge in [0.25, 0.3) is 0 Å². The molecule has 4 aliphatic rings. The molecule has 4 rings (SSSR count). The minimum absolute atomic E-state index is 0.231. The molecule has 4 heteroatoms. The fourth-order valence-corrected chi connectivity index (χ4v) is 8.42. The Kier molecular flexibility index (Phi) is 4.44. The van der Waals surface area contributed by atoms with E-state index in [4.69, 9.17) is 10.5 Å². The van der Waals surface area contributed by atoms with E-state index in [2.05, 4.69) is 20.8 Å². The molecule has 0 saturated heterocycles. The van der Waals surface area contributed by atoms with E-state index in [0.717, 1.165) is 43.4 Å². The van der Waals surface area contributed by atoms with E-state index >= 15 is 0 Å². The molecule has 4 aliphatic carbocycles. The van der Waals surface area contributed by atoms with Crippen LogP contribution in [0.4, 0.5) is 4.79 Å². The van der Waals surface area contributed by atoms with Crippen LogP contribution in [0, 0.1) is 40.4 Å². The molecule has 0 aromatic heterocycles. The Morgan fingerprint density at radius 1 is 0.889 bits per heavy atom. The van der Waals surface area contributed by atoms with E-state index in [9.17, 15) is 9.59 Å². The molecule has 0 aromatic rings. The average Bonchev–Trinajstić information content (AvgIpc) is 2.92. The first kappa shape index (κ1) is 19.3. The molecule has 8 atom stereocenters. The number of hydrogen-bond donors (Lipinski definition) is 1. The van der Waals surface area contributed by atoms with Crippen molar-refractivity contribution in [1.29, 1.82) is 0 Å². The van der Waals surface area contributed by atoms with Crippen LogP contribution in [-0.2, 0) is 9.53 Å². The number of amides is 1. The molecule has 0 bridgehead atoms. The number of rotatable bonds is 2. The smallest absolute Gasteiger partial charge is 0.405 e. The van der Waals surface area contributed by atoms with Crippen LogP contribution < -0.4 is 5.73 Å². The van der Waals surface area contributed by atoms with E-state index in [-0.39, 0.29) is 16.9 Å². The predicted octanol–water partition coefficient (Wildman–Crippen LogP) is 5.09. The third kappa shape index (κ3) is 2.84. The lowest BCUT2D eigenvalue weighted by Crippen LogP contribution is -2.56. The van der Waals surface area contributed by atoms with Crippen LogP contribution in [0.5, 0.6) is 0 Å². The second kappa shape index (κ2) is 6.22. The topological polar surface area (TPSA) is 69.4 Å². The number of carbonyl (C=O) groups is 2. The highest BCUT2D eigenvalue weighted by atomic mass is 16.6. The molecule has 4 saturated carbocycles. The second-order valence-electron chi connectivity index (χ2n) is 11.0. The van der Waals surface area contributed by atoms with Crippen LogP contribution in [-0.4, -0.2) is 17.5 Å². The highest BCUT2D eigenvalue weighted by Crippen LogP contribution is 2.68. The summed E-state index contributed by atoms with van der Waals surface area (Å²) in [7, 11) is 0. The van der Waals surface area contributed by atoms with Gasteiger partial charge in [0.1, 0.15) is 11.4 Å². The molecule has 0 aliphatic heterocycles. The molecule has 152 valence electrons. The Morgan fingerprint density at radius 2 is 1.59 bits per heavy atom. The van der Waals surface area contributed by atoms with E-state index in [0.29, 0.717) is 17.1 Å². The van der Waals surface area contributed by atoms with Gasteiger partial charge < -0.3 is 10.5 Å². The van der Waals surface area contributed by atoms with Gasteiger partial charge in [-0.15, -0.1) is 0 Å². The summed E-state index contributed by atoms with van der Waals surface area (Å²) >= 11 is 0. The van der Waals surface area contributed by atoms with Crippen molar-refractivity contribution in [2.24, 2.45) is 46.2 Å². The number of fused-ring (bicyclic) bond motifs is 5. The van der Waals surface area contributed by atoms with Crippen LogP contribution in [0.25, 0.3) is 0 Å². The highest BCUT2D eigenvalue weighted by Gasteiger charge is 2.61. The molecule has 0 unspecified atom stereocenters. The summed E-state index contributed by atoms with van der Waals surface area (Å²) in [5.41, 5.74) is 5.52. The molecule has 2 N–H and O–H groups in total. The maximum absolute atomic E-state index is 12.3. The Labute approximate surface area is 164 Å². The fraction of sp³-hybridized carbons (Fsp3) is 0.913. The summed E-state index contributed by atoms with van der Waals surface area (Å²) in [6, 6.07) is 0. The van der Waals surface area contributed by atoms with Crippen LogP contribution >= 0.6 is 0 Å². The quantitative estimate of drug-likeness (QED) is 0.731. The molecular weight excluding hydrogens is 338 g/mol. The predicted molar refractivity (Wildman–Crippen MR) is 105 cm³/mol. The zero-order valence-electron chi connectivity index (χ0n) is 17.6. The number of nitrogens with two attached hydrogens (primary N) is 1. The highest BCUT2D eigenvalue weighted by molar-refractivity contribution is 5.79. The van der Waals surface area contributed by atoms with Crippen molar-refractivity contribution in [1.82, 2.24) is 0 Å². The first-order valence-corrected chi connectivity index (χ1v) is 11.1. The zero-order valence-corrected chi connectivity index (χ0v) is 17.6. The lowest BCUT2D eigenvalue weighted by Gasteiger charge is -2.62. The number of hydrogen-bond acceptors (Lipinski definition) is 3. The summed E-state index contributed by atoms with van der Waals surface area (Å²) in [4.78, 5) is 23.6. The van der Waals surface area contributed by atoms with Crippen LogP contribution in [0.3, 0.4) is 0 Å². The third-order valence-corrected chi connectivity index (χ3v) is 9.77. The van der Waals surface area contributed by atoms with Crippen molar-refractivity contribution in [3.05, 3.63) is 0 Å². The van der Waals surface area contributed by atoms with E-state index in [1.807, 2.05) is 6.92 Å². The van der Waals surface area contributed by atoms with E-state index in [1.165, 1.54) is 32.1 Å². The third-order valence-electron chi connectivity index (χ3n) is 9.77. The van der Waals surface area contributed by atoms with Gasteiger partial charge in [0.2, 0.25) is 0 Å². The van der Waals surface area contributed by atoms with Crippen molar-refractivity contribution in [3.63, 3.8) is 0 Å². The number of carbonyl (C=O) groups excluding carboxylic acids is 2. The van der Waals surface area contributed by atoms with Crippen molar-refractivity contribution < 1.29 is 14.3 Å². The summed E-state index contributed by atoms with van der Waals surface area (Å²) in [6.45, 7) is 8.80. The Bertz CT molecular complexity index is 648. The summed E-state index contributed by atoms with van der Waals surface area (Å²) in [6.07, 6.45) is 9.69. The van der Waals surface area contributed by atoms with Crippen molar-refractivity contribution in [3.8, 4) is 0 Å². The lowest BCUT2D eigenvalue weighted by molar-refractivity contribution is -0.150. The second-order valence-corrected chi connectivity index (χ2v) is 11.0. The largest absolute Gasteiger partial charge is 0.443 e. The van der Waals surface area contributed by atoms with Gasteiger partial charge in [0.15, 0.2) is 0 Å². The Balaban J connectivity index is 1.56. The number of ketones is 1. The minimum Gasteiger partial charge on any atom is -0.443 e. The molecular formula is C23H37NO3. The van der Waals surface area contributed by atoms with Gasteiger partial charge in [-0.2, -0.15) is 0 Å². The van der Waals surface area contributed by atoms with E-state index < -0.39 is 6.09 Å². The Hall–Kier alpha value is -1.06. The first-order valence-electron chi connectivity index (χ1n) is 11.1. The van der Waals surface area contributed by atoms with Gasteiger partial charge in [0, 0.05) is 5.92 Å². The number of primary amides is 1. The molecule has 4 fully saturated rings. The average molecular weight is 376 g/mol. The van der Waals surface area contributed by atoms with Gasteiger partial charge in [-0.1, -0.05) is 13.8 Å². The van der Waals surface area contributed by atoms with Crippen molar-refractivity contribution in [2.75, 3.05) is 0 Å². The molecule has 0 aromatic carbocycles. The van der Waals surface area contributed by atoms with Crippen molar-refractivity contribution >= 4 is 11.9 Å². The van der Waals surface area contributed by atoms with Crippen molar-refractivity contribution in [2.45, 2.75) is 91.1 Å². The Morgan fingerprint density at radius 3 is 2.26 bits per heavy atom. The normalized spacial score (nSPS) is 51.6. The molecule has 4 nitrogen and oxygen atoms in total. The molecule has 0 radical (unpaired) electrons. The summed E-state index contributed by atoms with van der Waals surface area (Å²) in [5, 5.41) is 0. The van der Waals surface area contributed by atoms with E-state index in [1.54, 1.807) is 0 Å². The van der Waals surface area contributed by atoms with Gasteiger partial charge >= 0.3 is 6.09 Å². The molecule has 1 amide bonds. The van der Waals surface area contributed by atoms with Crippen LogP contribution in [0.15, 0.2) is 0 Å². The van der Waals surface area contributed by atoms with Gasteiger partial charge in [-0.3, -0.25) is 4.79 Å². The maximum Gasteiger partial charge on any atom is 0.405 e. The lowest BCUT2D eigenvalue weighted by atomic mass is 9.44. The first-order chi connectivity index (χ1) is 12.6.